The van der Waals surface area contributed by atoms with Crippen LogP contribution in [0.25, 0.3) is 0 Å². The SMILES string of the molecule is CC/C=C\C/C=C\C/C=C\C/C=C\C/C=C\CCCCCCCCCCCC(=O)NC(COC1OC(CO)C(OC2OC(CO)C(OC3OC(CO)C(O)C(O)C3O)C(O)C2O)C(O)C1O)C(O)/C=C/CC/C=C/CCCC. The minimum Gasteiger partial charge on any atom is -0.394 e. The predicted octanol–water partition coefficient (Wildman–Crippen LogP) is 4.42. The molecule has 3 aliphatic heterocycles. The molecule has 78 heavy (non-hydrogen) atoms. The summed E-state index contributed by atoms with van der Waals surface area (Å²) < 4.78 is 34.1. The summed E-state index contributed by atoms with van der Waals surface area (Å²) in [5.41, 5.74) is 0. The molecular weight excluding hydrogens is 1010 g/mol. The van der Waals surface area contributed by atoms with Crippen LogP contribution in [-0.2, 0) is 33.2 Å². The highest BCUT2D eigenvalue weighted by Crippen LogP contribution is 2.33. The van der Waals surface area contributed by atoms with Crippen LogP contribution < -0.4 is 5.32 Å². The molecule has 448 valence electrons. The molecule has 17 unspecified atom stereocenters. The van der Waals surface area contributed by atoms with Crippen molar-refractivity contribution < 1.29 is 89.4 Å². The second kappa shape index (κ2) is 41.9. The molecule has 0 aromatic carbocycles. The highest BCUT2D eigenvalue weighted by Gasteiger charge is 2.53. The summed E-state index contributed by atoms with van der Waals surface area (Å²) in [6.07, 6.45) is 23.2. The Morgan fingerprint density at radius 1 is 0.474 bits per heavy atom. The van der Waals surface area contributed by atoms with Gasteiger partial charge >= 0.3 is 0 Å². The van der Waals surface area contributed by atoms with Crippen molar-refractivity contribution in [3.05, 3.63) is 85.1 Å². The van der Waals surface area contributed by atoms with Crippen LogP contribution >= 0.6 is 0 Å². The van der Waals surface area contributed by atoms with Gasteiger partial charge in [0.05, 0.1) is 38.6 Å². The van der Waals surface area contributed by atoms with E-state index in [4.69, 9.17) is 28.4 Å². The fraction of sp³-hybridized carbons (Fsp3) is 0.746. The number of carbonyl (C=O) groups is 1. The lowest BCUT2D eigenvalue weighted by Crippen LogP contribution is -2.66. The zero-order chi connectivity index (χ0) is 56.9. The molecule has 3 heterocycles. The number of unbranched alkanes of at least 4 members (excludes halogenated alkanes) is 12. The maximum Gasteiger partial charge on any atom is 0.220 e. The van der Waals surface area contributed by atoms with Crippen LogP contribution in [-0.4, -0.2) is 193 Å². The maximum atomic E-state index is 13.3. The zero-order valence-corrected chi connectivity index (χ0v) is 46.4. The van der Waals surface area contributed by atoms with Crippen molar-refractivity contribution in [3.8, 4) is 0 Å². The van der Waals surface area contributed by atoms with Gasteiger partial charge in [0, 0.05) is 6.42 Å². The molecule has 17 atom stereocenters. The second-order valence-corrected chi connectivity index (χ2v) is 20.4. The quantitative estimate of drug-likeness (QED) is 0.0299. The van der Waals surface area contributed by atoms with E-state index in [1.54, 1.807) is 6.08 Å². The van der Waals surface area contributed by atoms with Crippen LogP contribution in [0, 0.1) is 0 Å². The Hall–Kier alpha value is -3.03. The molecule has 19 heteroatoms. The monoisotopic (exact) mass is 1110 g/mol. The van der Waals surface area contributed by atoms with Crippen molar-refractivity contribution in [1.82, 2.24) is 5.32 Å². The first-order valence-corrected chi connectivity index (χ1v) is 28.8. The maximum absolute atomic E-state index is 13.3. The van der Waals surface area contributed by atoms with Crippen LogP contribution in [0.1, 0.15) is 149 Å². The van der Waals surface area contributed by atoms with E-state index in [0.29, 0.717) is 12.8 Å². The van der Waals surface area contributed by atoms with Gasteiger partial charge in [-0.3, -0.25) is 4.79 Å². The van der Waals surface area contributed by atoms with Crippen molar-refractivity contribution in [2.24, 2.45) is 0 Å². The van der Waals surface area contributed by atoms with Gasteiger partial charge in [-0.1, -0.05) is 157 Å². The van der Waals surface area contributed by atoms with E-state index in [1.165, 1.54) is 25.7 Å². The molecule has 0 aromatic heterocycles. The third kappa shape index (κ3) is 25.8. The molecular formula is C59H99NO18. The van der Waals surface area contributed by atoms with E-state index < -0.39 is 124 Å². The van der Waals surface area contributed by atoms with Crippen LogP contribution in [0.15, 0.2) is 85.1 Å². The number of allylic oxidation sites excluding steroid dienone is 13. The highest BCUT2D eigenvalue weighted by atomic mass is 16.8. The van der Waals surface area contributed by atoms with E-state index in [0.717, 1.165) is 89.9 Å². The van der Waals surface area contributed by atoms with E-state index in [-0.39, 0.29) is 18.9 Å². The molecule has 0 spiro atoms. The summed E-state index contributed by atoms with van der Waals surface area (Å²) in [5, 5.41) is 120. The van der Waals surface area contributed by atoms with Crippen molar-refractivity contribution >= 4 is 5.91 Å². The van der Waals surface area contributed by atoms with Gasteiger partial charge in [0.2, 0.25) is 5.91 Å². The van der Waals surface area contributed by atoms with E-state index in [1.807, 2.05) is 6.08 Å². The summed E-state index contributed by atoms with van der Waals surface area (Å²) in [6, 6.07) is -0.995. The van der Waals surface area contributed by atoms with Gasteiger partial charge in [0.25, 0.3) is 0 Å². The van der Waals surface area contributed by atoms with Gasteiger partial charge in [-0.25, -0.2) is 0 Å². The smallest absolute Gasteiger partial charge is 0.220 e. The van der Waals surface area contributed by atoms with Crippen molar-refractivity contribution in [3.63, 3.8) is 0 Å². The van der Waals surface area contributed by atoms with E-state index in [2.05, 4.69) is 92.1 Å². The molecule has 3 saturated heterocycles. The number of aliphatic hydroxyl groups is 11. The van der Waals surface area contributed by atoms with Crippen molar-refractivity contribution in [2.45, 2.75) is 253 Å². The Balaban J connectivity index is 1.44. The molecule has 0 bridgehead atoms. The normalized spacial score (nSPS) is 31.1. The fourth-order valence-electron chi connectivity index (χ4n) is 9.16. The molecule has 1 amide bonds. The Labute approximate surface area is 463 Å². The first-order valence-electron chi connectivity index (χ1n) is 28.8. The van der Waals surface area contributed by atoms with Gasteiger partial charge < -0.3 is 89.9 Å². The number of hydrogen-bond donors (Lipinski definition) is 12. The molecule has 0 radical (unpaired) electrons. The Bertz CT molecular complexity index is 1750. The topological polar surface area (TPSA) is 307 Å². The summed E-state index contributed by atoms with van der Waals surface area (Å²) in [4.78, 5) is 13.3. The summed E-state index contributed by atoms with van der Waals surface area (Å²) in [6.45, 7) is 1.46. The largest absolute Gasteiger partial charge is 0.394 e. The average Bonchev–Trinajstić information content (AvgIpc) is 3.48. The summed E-state index contributed by atoms with van der Waals surface area (Å²) in [7, 11) is 0. The van der Waals surface area contributed by atoms with Gasteiger partial charge in [-0.2, -0.15) is 0 Å². The molecule has 3 fully saturated rings. The average molecular weight is 1110 g/mol. The Morgan fingerprint density at radius 3 is 1.44 bits per heavy atom. The zero-order valence-electron chi connectivity index (χ0n) is 46.4. The van der Waals surface area contributed by atoms with Crippen molar-refractivity contribution in [2.75, 3.05) is 26.4 Å². The summed E-state index contributed by atoms with van der Waals surface area (Å²) in [5.74, 6) is -0.301. The second-order valence-electron chi connectivity index (χ2n) is 20.4. The number of carbonyl (C=O) groups excluding carboxylic acids is 1. The third-order valence-corrected chi connectivity index (χ3v) is 13.9. The predicted molar refractivity (Wildman–Crippen MR) is 295 cm³/mol. The molecule has 0 saturated carbocycles. The minimum atomic E-state index is -1.98. The minimum absolute atomic E-state index is 0.222. The molecule has 3 aliphatic rings. The number of ether oxygens (including phenoxy) is 6. The number of rotatable bonds is 40. The number of amides is 1. The first-order chi connectivity index (χ1) is 37.8. The number of hydrogen-bond acceptors (Lipinski definition) is 18. The Kier molecular flexibility index (Phi) is 37.2. The number of nitrogens with one attached hydrogen (secondary N) is 1. The van der Waals surface area contributed by atoms with Gasteiger partial charge in [-0.15, -0.1) is 0 Å². The van der Waals surface area contributed by atoms with Gasteiger partial charge in [0.1, 0.15) is 73.2 Å². The van der Waals surface area contributed by atoms with Gasteiger partial charge in [0.15, 0.2) is 18.9 Å². The van der Waals surface area contributed by atoms with Gasteiger partial charge in [-0.05, 0) is 70.6 Å². The Morgan fingerprint density at radius 2 is 0.897 bits per heavy atom. The summed E-state index contributed by atoms with van der Waals surface area (Å²) >= 11 is 0. The molecule has 19 nitrogen and oxygen atoms in total. The number of aliphatic hydroxyl groups excluding tert-OH is 11. The van der Waals surface area contributed by atoms with Crippen molar-refractivity contribution in [1.29, 1.82) is 0 Å². The van der Waals surface area contributed by atoms with Crippen LogP contribution in [0.4, 0.5) is 0 Å². The molecule has 12 N–H and O–H groups in total. The first kappa shape index (κ1) is 69.2. The third-order valence-electron chi connectivity index (χ3n) is 13.9. The lowest BCUT2D eigenvalue weighted by molar-refractivity contribution is -0.379. The molecule has 0 aliphatic carbocycles. The fourth-order valence-corrected chi connectivity index (χ4v) is 9.16. The van der Waals surface area contributed by atoms with E-state index in [9.17, 15) is 61.0 Å². The lowest BCUT2D eigenvalue weighted by atomic mass is 9.96. The molecule has 3 rings (SSSR count). The standard InChI is InChI=1S/C59H99NO18/c1-3-5-7-9-11-13-14-15-16-17-18-19-20-21-22-23-24-25-26-27-28-29-31-33-35-37-47(65)60-42(43(64)36-34-32-30-12-10-8-6-4-2)41-73-57-53(71)50(68)55(45(39-62)75-57)78-59-54(72)51(69)56(46(40-63)76-59)77-58-52(70)49(67)48(66)44(38-61)74-58/h5,7,10-13,15-16,18-19,21-22,34,36,42-46,48-59,61-64,66-72H,3-4,6,8-9,14,17,20,23-33,35,37-41H2,1-2H3,(H,60,65)/b7-5-,12-10+,13-11-,16-15-,19-18-,22-21-,36-34+. The van der Waals surface area contributed by atoms with Crippen LogP contribution in [0.3, 0.4) is 0 Å². The molecule has 0 aromatic rings. The highest BCUT2D eigenvalue weighted by molar-refractivity contribution is 5.76. The van der Waals surface area contributed by atoms with E-state index >= 15 is 0 Å². The van der Waals surface area contributed by atoms with Crippen LogP contribution in [0.2, 0.25) is 0 Å². The lowest BCUT2D eigenvalue weighted by Gasteiger charge is -2.48. The van der Waals surface area contributed by atoms with Crippen LogP contribution in [0.5, 0.6) is 0 Å².